The molecule has 7 aromatic rings. The molecule has 62 heavy (non-hydrogen) atoms. The zero-order chi connectivity index (χ0) is 41.8. The number of rotatable bonds is 9. The molecule has 0 aliphatic carbocycles. The number of allylic oxidation sites excluding steroid dienone is 6. The Morgan fingerprint density at radius 1 is 0.500 bits per heavy atom. The molecule has 6 aromatic carbocycles. The van der Waals surface area contributed by atoms with Gasteiger partial charge in [0.05, 0.1) is 17.4 Å². The molecule has 3 aliphatic rings. The highest BCUT2D eigenvalue weighted by Crippen LogP contribution is 2.40. The molecule has 0 fully saturated rings. The fraction of sp³-hybridized carbons (Fsp3) is 0.0893. The van der Waals surface area contributed by atoms with Crippen molar-refractivity contribution in [1.82, 2.24) is 15.6 Å². The van der Waals surface area contributed by atoms with Crippen LogP contribution in [0, 0.1) is 0 Å². The third-order valence-corrected chi connectivity index (χ3v) is 11.7. The number of hydrogen-bond acceptors (Lipinski definition) is 5. The van der Waals surface area contributed by atoms with E-state index in [0.29, 0.717) is 5.84 Å². The molecule has 6 nitrogen and oxygen atoms in total. The lowest BCUT2D eigenvalue weighted by Gasteiger charge is -2.27. The molecule has 0 bridgehead atoms. The summed E-state index contributed by atoms with van der Waals surface area (Å²) in [6.07, 6.45) is 12.9. The lowest BCUT2D eigenvalue weighted by molar-refractivity contribution is -0.640. The summed E-state index contributed by atoms with van der Waals surface area (Å²) in [7, 11) is 0. The average Bonchev–Trinajstić information content (AvgIpc) is 3.34. The molecule has 3 atom stereocenters. The molecule has 3 unspecified atom stereocenters. The molecule has 10 rings (SSSR count). The molecule has 300 valence electrons. The molecular weight excluding hydrogens is 757 g/mol. The van der Waals surface area contributed by atoms with E-state index in [4.69, 9.17) is 15.0 Å². The SMILES string of the molecule is CC1=CC=CC(c2cccc(C3C=CC=C(C)[NH2+]3)c2-c2cc(-c3ccccc3)nc(-c3cccc(-c4cccc(C5=NC(c6ccccc6)=NC(c6ccccc6)N5)c4)c3)c2)N1. The number of aliphatic imine (C=N–C) groups is 2. The van der Waals surface area contributed by atoms with Gasteiger partial charge in [-0.3, -0.25) is 0 Å². The quantitative estimate of drug-likeness (QED) is 0.136. The maximum absolute atomic E-state index is 5.40. The minimum Gasteiger partial charge on any atom is -0.378 e. The van der Waals surface area contributed by atoms with Gasteiger partial charge in [-0.25, -0.2) is 15.0 Å². The van der Waals surface area contributed by atoms with Crippen molar-refractivity contribution < 1.29 is 5.32 Å². The van der Waals surface area contributed by atoms with Crippen molar-refractivity contribution >= 4 is 11.7 Å². The molecule has 4 N–H and O–H groups in total. The van der Waals surface area contributed by atoms with Gasteiger partial charge in [0.1, 0.15) is 23.7 Å². The van der Waals surface area contributed by atoms with Crippen molar-refractivity contribution in [3.05, 3.63) is 246 Å². The first-order valence-corrected chi connectivity index (χ1v) is 21.3. The number of dihydropyridines is 1. The minimum atomic E-state index is -0.272. The van der Waals surface area contributed by atoms with Gasteiger partial charge in [0.2, 0.25) is 0 Å². The number of pyridine rings is 1. The molecule has 4 heterocycles. The Kier molecular flexibility index (Phi) is 10.6. The van der Waals surface area contributed by atoms with Crippen LogP contribution in [0.2, 0.25) is 0 Å². The van der Waals surface area contributed by atoms with Gasteiger partial charge in [-0.2, -0.15) is 0 Å². The topological polar surface area (TPSA) is 78.3 Å². The van der Waals surface area contributed by atoms with Gasteiger partial charge >= 0.3 is 0 Å². The molecule has 1 aromatic heterocycles. The van der Waals surface area contributed by atoms with E-state index in [1.807, 2.05) is 36.4 Å². The third kappa shape index (κ3) is 8.12. The molecule has 0 amide bonds. The Bertz CT molecular complexity index is 2910. The van der Waals surface area contributed by atoms with Gasteiger partial charge < -0.3 is 16.0 Å². The highest BCUT2D eigenvalue weighted by molar-refractivity contribution is 6.13. The second-order valence-electron chi connectivity index (χ2n) is 16.0. The van der Waals surface area contributed by atoms with Crippen LogP contribution >= 0.6 is 0 Å². The van der Waals surface area contributed by atoms with Crippen LogP contribution < -0.4 is 16.0 Å². The highest BCUT2D eigenvalue weighted by Gasteiger charge is 2.26. The van der Waals surface area contributed by atoms with Gasteiger partial charge in [-0.05, 0) is 82.8 Å². The van der Waals surface area contributed by atoms with Crippen LogP contribution in [0.5, 0.6) is 0 Å². The van der Waals surface area contributed by atoms with Crippen molar-refractivity contribution in [2.75, 3.05) is 0 Å². The van der Waals surface area contributed by atoms with Crippen molar-refractivity contribution in [3.63, 3.8) is 0 Å². The number of nitrogens with one attached hydrogen (secondary N) is 2. The average molecular weight is 804 g/mol. The summed E-state index contributed by atoms with van der Waals surface area (Å²) in [4.78, 5) is 15.5. The van der Waals surface area contributed by atoms with Gasteiger partial charge in [0.15, 0.2) is 5.84 Å². The molecular formula is C56H47N6+. The van der Waals surface area contributed by atoms with Gasteiger partial charge in [-0.15, -0.1) is 0 Å². The fourth-order valence-electron chi connectivity index (χ4n) is 8.61. The smallest absolute Gasteiger partial charge is 0.159 e. The summed E-state index contributed by atoms with van der Waals surface area (Å²) < 4.78 is 0. The normalized spacial score (nSPS) is 18.1. The second-order valence-corrected chi connectivity index (χ2v) is 16.0. The third-order valence-electron chi connectivity index (χ3n) is 11.7. The van der Waals surface area contributed by atoms with E-state index in [-0.39, 0.29) is 18.2 Å². The van der Waals surface area contributed by atoms with Crippen LogP contribution in [-0.4, -0.2) is 16.7 Å². The van der Waals surface area contributed by atoms with Crippen LogP contribution in [0.25, 0.3) is 44.8 Å². The maximum Gasteiger partial charge on any atom is 0.159 e. The summed E-state index contributed by atoms with van der Waals surface area (Å²) >= 11 is 0. The van der Waals surface area contributed by atoms with Crippen molar-refractivity contribution in [3.8, 4) is 44.8 Å². The summed E-state index contributed by atoms with van der Waals surface area (Å²) in [5.74, 6) is 1.49. The van der Waals surface area contributed by atoms with E-state index in [1.54, 1.807) is 0 Å². The maximum atomic E-state index is 5.40. The Morgan fingerprint density at radius 2 is 1.10 bits per heavy atom. The van der Waals surface area contributed by atoms with Crippen LogP contribution in [0.3, 0.4) is 0 Å². The number of benzene rings is 6. The number of nitrogens with two attached hydrogens (primary N) is 1. The van der Waals surface area contributed by atoms with E-state index in [9.17, 15) is 0 Å². The van der Waals surface area contributed by atoms with Gasteiger partial charge in [-0.1, -0.05) is 164 Å². The lowest BCUT2D eigenvalue weighted by atomic mass is 9.85. The Hall–Kier alpha value is -7.67. The van der Waals surface area contributed by atoms with Crippen LogP contribution in [0.4, 0.5) is 0 Å². The van der Waals surface area contributed by atoms with Gasteiger partial charge in [0, 0.05) is 40.4 Å². The first kappa shape index (κ1) is 38.5. The van der Waals surface area contributed by atoms with Crippen molar-refractivity contribution in [1.29, 1.82) is 0 Å². The number of nitrogens with zero attached hydrogens (tertiary/aromatic N) is 3. The summed E-state index contributed by atoms with van der Waals surface area (Å²) in [5, 5.41) is 9.75. The number of amidine groups is 2. The number of aromatic nitrogens is 1. The molecule has 3 aliphatic heterocycles. The van der Waals surface area contributed by atoms with Crippen LogP contribution in [-0.2, 0) is 0 Å². The fourth-order valence-corrected chi connectivity index (χ4v) is 8.61. The van der Waals surface area contributed by atoms with E-state index >= 15 is 0 Å². The Morgan fingerprint density at radius 3 is 1.82 bits per heavy atom. The first-order valence-electron chi connectivity index (χ1n) is 21.3. The predicted octanol–water partition coefficient (Wildman–Crippen LogP) is 11.4. The van der Waals surface area contributed by atoms with Gasteiger partial charge in [0.25, 0.3) is 0 Å². The first-order chi connectivity index (χ1) is 30.5. The van der Waals surface area contributed by atoms with E-state index in [2.05, 4.69) is 200 Å². The van der Waals surface area contributed by atoms with Crippen molar-refractivity contribution in [2.45, 2.75) is 32.1 Å². The lowest BCUT2D eigenvalue weighted by Crippen LogP contribution is -2.82. The molecule has 0 saturated carbocycles. The molecule has 0 radical (unpaired) electrons. The zero-order valence-corrected chi connectivity index (χ0v) is 34.8. The highest BCUT2D eigenvalue weighted by atomic mass is 15.2. The number of hydrogen-bond donors (Lipinski definition) is 3. The molecule has 6 heteroatoms. The standard InChI is InChI=1S/C56H46N6/c1-37-17-12-31-49(57-37)47-29-16-30-48(50-32-13-18-38(2)58-50)53(47)46-35-51(39-19-6-3-7-20-39)59-52(36-46)44-27-14-25-42(33-44)43-26-15-28-45(34-43)56-61-54(40-21-8-4-9-22-40)60-55(62-56)41-23-10-5-11-24-41/h3-36,49-50,54,57-58H,1-2H3,(H,60,61,62)/p+1. The Balaban J connectivity index is 1.07. The summed E-state index contributed by atoms with van der Waals surface area (Å²) in [6, 6.07) is 59.9. The molecule has 0 saturated heterocycles. The van der Waals surface area contributed by atoms with Crippen LogP contribution in [0.1, 0.15) is 59.9 Å². The largest absolute Gasteiger partial charge is 0.378 e. The predicted molar refractivity (Wildman–Crippen MR) is 254 cm³/mol. The zero-order valence-electron chi connectivity index (χ0n) is 34.8. The van der Waals surface area contributed by atoms with Crippen molar-refractivity contribution in [2.24, 2.45) is 9.98 Å². The van der Waals surface area contributed by atoms with E-state index in [1.165, 1.54) is 22.4 Å². The Labute approximate surface area is 363 Å². The summed E-state index contributed by atoms with van der Waals surface area (Å²) in [6.45, 7) is 4.31. The van der Waals surface area contributed by atoms with E-state index in [0.717, 1.165) is 67.4 Å². The minimum absolute atomic E-state index is 0.0211. The number of quaternary nitrogens is 1. The molecule has 0 spiro atoms. The van der Waals surface area contributed by atoms with E-state index < -0.39 is 0 Å². The summed E-state index contributed by atoms with van der Waals surface area (Å²) in [5.41, 5.74) is 16.4. The second kappa shape index (κ2) is 17.1. The monoisotopic (exact) mass is 803 g/mol. The van der Waals surface area contributed by atoms with Crippen LogP contribution in [0.15, 0.2) is 228 Å².